The van der Waals surface area contributed by atoms with Gasteiger partial charge in [0, 0.05) is 43.2 Å². The number of carbonyl (C=O) groups excluding carboxylic acids is 1. The molecule has 2 heterocycles. The number of ether oxygens (including phenoxy) is 2. The molecule has 0 unspecified atom stereocenters. The summed E-state index contributed by atoms with van der Waals surface area (Å²) >= 11 is 0. The van der Waals surface area contributed by atoms with Gasteiger partial charge < -0.3 is 20.5 Å². The van der Waals surface area contributed by atoms with Crippen LogP contribution >= 0.6 is 12.4 Å². The molecule has 0 bridgehead atoms. The molecule has 2 aliphatic heterocycles. The Hall–Kier alpha value is -2.28. The number of nitrogens with one attached hydrogen (secondary N) is 1. The molecule has 28 heavy (non-hydrogen) atoms. The van der Waals surface area contributed by atoms with Gasteiger partial charge >= 0.3 is 0 Å². The zero-order valence-corrected chi connectivity index (χ0v) is 16.5. The highest BCUT2D eigenvalue weighted by Crippen LogP contribution is 2.32. The molecule has 1 saturated heterocycles. The van der Waals surface area contributed by atoms with Gasteiger partial charge in [0.05, 0.1) is 19.8 Å². The first-order valence-electron chi connectivity index (χ1n) is 9.41. The van der Waals surface area contributed by atoms with Gasteiger partial charge in [-0.1, -0.05) is 30.3 Å². The number of hydrogen-bond donors (Lipinski definition) is 2. The predicted octanol–water partition coefficient (Wildman–Crippen LogP) is 2.63. The van der Waals surface area contributed by atoms with Crippen molar-refractivity contribution in [3.63, 3.8) is 0 Å². The Labute approximate surface area is 171 Å². The topological polar surface area (TPSA) is 76.8 Å². The first-order chi connectivity index (χ1) is 13.2. The second-order valence-corrected chi connectivity index (χ2v) is 7.14. The molecular weight excluding hydrogens is 378 g/mol. The molecule has 0 spiro atoms. The number of fused-ring (bicyclic) bond motifs is 1. The van der Waals surface area contributed by atoms with Crippen LogP contribution in [0.2, 0.25) is 0 Å². The lowest BCUT2D eigenvalue weighted by Gasteiger charge is -2.16. The zero-order valence-electron chi connectivity index (χ0n) is 15.7. The molecule has 1 fully saturated rings. The Bertz CT molecular complexity index is 803. The van der Waals surface area contributed by atoms with Crippen LogP contribution in [0, 0.1) is 0 Å². The normalized spacial score (nSPS) is 21.5. The lowest BCUT2D eigenvalue weighted by atomic mass is 9.95. The molecule has 7 heteroatoms. The number of rotatable bonds is 4. The molecule has 2 aromatic carbocycles. The van der Waals surface area contributed by atoms with E-state index in [9.17, 15) is 4.79 Å². The summed E-state index contributed by atoms with van der Waals surface area (Å²) in [6.45, 7) is 3.10. The molecule has 2 atom stereocenters. The van der Waals surface area contributed by atoms with Gasteiger partial charge in [-0.3, -0.25) is 9.69 Å². The minimum Gasteiger partial charge on any atom is -0.490 e. The summed E-state index contributed by atoms with van der Waals surface area (Å²) in [5, 5.41) is 2.95. The van der Waals surface area contributed by atoms with E-state index in [1.807, 2.05) is 36.4 Å². The average Bonchev–Trinajstić information content (AvgIpc) is 2.88. The van der Waals surface area contributed by atoms with Crippen LogP contribution in [0.5, 0.6) is 11.5 Å². The number of carbonyl (C=O) groups is 1. The Morgan fingerprint density at radius 3 is 2.61 bits per heavy atom. The van der Waals surface area contributed by atoms with Crippen LogP contribution in [0.1, 0.15) is 17.9 Å². The molecule has 150 valence electrons. The smallest absolute Gasteiger partial charge is 0.238 e. The van der Waals surface area contributed by atoms with Gasteiger partial charge in [-0.05, 0) is 17.7 Å². The van der Waals surface area contributed by atoms with E-state index < -0.39 is 0 Å². The average molecular weight is 404 g/mol. The largest absolute Gasteiger partial charge is 0.490 e. The molecule has 0 saturated carbocycles. The van der Waals surface area contributed by atoms with Crippen molar-refractivity contribution in [2.75, 3.05) is 38.2 Å². The van der Waals surface area contributed by atoms with Crippen molar-refractivity contribution in [1.29, 1.82) is 0 Å². The summed E-state index contributed by atoms with van der Waals surface area (Å²) in [6, 6.07) is 15.8. The van der Waals surface area contributed by atoms with Crippen molar-refractivity contribution in [2.45, 2.75) is 18.4 Å². The van der Waals surface area contributed by atoms with Crippen molar-refractivity contribution in [3.05, 3.63) is 54.1 Å². The molecule has 2 aliphatic rings. The molecule has 0 aliphatic carbocycles. The number of amides is 1. The van der Waals surface area contributed by atoms with Crippen LogP contribution in [-0.2, 0) is 4.79 Å². The van der Waals surface area contributed by atoms with Gasteiger partial charge in [-0.15, -0.1) is 12.4 Å². The van der Waals surface area contributed by atoms with Crippen molar-refractivity contribution < 1.29 is 14.3 Å². The van der Waals surface area contributed by atoms with Gasteiger partial charge in [-0.2, -0.15) is 0 Å². The highest BCUT2D eigenvalue weighted by molar-refractivity contribution is 5.92. The fourth-order valence-electron chi connectivity index (χ4n) is 3.74. The number of nitrogens with zero attached hydrogens (tertiary/aromatic N) is 1. The van der Waals surface area contributed by atoms with E-state index in [0.29, 0.717) is 37.7 Å². The van der Waals surface area contributed by atoms with Gasteiger partial charge in [-0.25, -0.2) is 0 Å². The highest BCUT2D eigenvalue weighted by atomic mass is 35.5. The first kappa shape index (κ1) is 20.5. The highest BCUT2D eigenvalue weighted by Gasteiger charge is 2.32. The SMILES string of the molecule is Cl.N[C@@H]1CN(CC(=O)Nc2ccc3c(c2)OCCCO3)C[C@H]1c1ccccc1. The van der Waals surface area contributed by atoms with Gasteiger partial charge in [0.15, 0.2) is 11.5 Å². The fourth-order valence-corrected chi connectivity index (χ4v) is 3.74. The lowest BCUT2D eigenvalue weighted by Crippen LogP contribution is -2.33. The fraction of sp³-hybridized carbons (Fsp3) is 0.381. The standard InChI is InChI=1S/C21H25N3O3.ClH/c22-18-13-24(12-17(18)15-5-2-1-3-6-15)14-21(25)23-16-7-8-19-20(11-16)27-10-4-9-26-19;/h1-3,5-8,11,17-18H,4,9-10,12-14,22H2,(H,23,25);1H/t17-,18+;/m0./s1. The molecule has 0 aromatic heterocycles. The monoisotopic (exact) mass is 403 g/mol. The van der Waals surface area contributed by atoms with Crippen molar-refractivity contribution in [2.24, 2.45) is 5.73 Å². The molecule has 0 radical (unpaired) electrons. The lowest BCUT2D eigenvalue weighted by molar-refractivity contribution is -0.117. The van der Waals surface area contributed by atoms with Crippen molar-refractivity contribution >= 4 is 24.0 Å². The van der Waals surface area contributed by atoms with E-state index in [1.54, 1.807) is 0 Å². The minimum absolute atomic E-state index is 0. The quantitative estimate of drug-likeness (QED) is 0.820. The van der Waals surface area contributed by atoms with E-state index in [2.05, 4.69) is 22.3 Å². The Morgan fingerprint density at radius 2 is 1.82 bits per heavy atom. The third kappa shape index (κ3) is 4.76. The molecule has 2 aromatic rings. The summed E-state index contributed by atoms with van der Waals surface area (Å²) in [7, 11) is 0. The van der Waals surface area contributed by atoms with Crippen LogP contribution < -0.4 is 20.5 Å². The van der Waals surface area contributed by atoms with Crippen LogP contribution in [0.25, 0.3) is 0 Å². The molecule has 3 N–H and O–H groups in total. The Balaban J connectivity index is 0.00000225. The number of halogens is 1. The number of anilines is 1. The van der Waals surface area contributed by atoms with Crippen LogP contribution in [0.4, 0.5) is 5.69 Å². The Morgan fingerprint density at radius 1 is 1.07 bits per heavy atom. The third-order valence-electron chi connectivity index (χ3n) is 5.07. The predicted molar refractivity (Wildman–Crippen MR) is 112 cm³/mol. The number of hydrogen-bond acceptors (Lipinski definition) is 5. The maximum atomic E-state index is 12.5. The second kappa shape index (κ2) is 9.28. The number of likely N-dealkylation sites (tertiary alicyclic amines) is 1. The van der Waals surface area contributed by atoms with E-state index in [1.165, 1.54) is 5.56 Å². The minimum atomic E-state index is -0.0506. The second-order valence-electron chi connectivity index (χ2n) is 7.14. The van der Waals surface area contributed by atoms with E-state index >= 15 is 0 Å². The first-order valence-corrected chi connectivity index (χ1v) is 9.41. The van der Waals surface area contributed by atoms with E-state index in [0.717, 1.165) is 18.7 Å². The summed E-state index contributed by atoms with van der Waals surface area (Å²) < 4.78 is 11.3. The van der Waals surface area contributed by atoms with Crippen LogP contribution in [0.3, 0.4) is 0 Å². The molecule has 1 amide bonds. The molecule has 4 rings (SSSR count). The Kier molecular flexibility index (Phi) is 6.78. The van der Waals surface area contributed by atoms with Gasteiger partial charge in [0.25, 0.3) is 0 Å². The van der Waals surface area contributed by atoms with Gasteiger partial charge in [0.1, 0.15) is 0 Å². The summed E-state index contributed by atoms with van der Waals surface area (Å²) in [5.41, 5.74) is 8.26. The van der Waals surface area contributed by atoms with Gasteiger partial charge in [0.2, 0.25) is 5.91 Å². The molecule has 6 nitrogen and oxygen atoms in total. The van der Waals surface area contributed by atoms with Crippen LogP contribution in [0.15, 0.2) is 48.5 Å². The van der Waals surface area contributed by atoms with Crippen molar-refractivity contribution in [3.8, 4) is 11.5 Å². The third-order valence-corrected chi connectivity index (χ3v) is 5.07. The number of benzene rings is 2. The van der Waals surface area contributed by atoms with E-state index in [4.69, 9.17) is 15.2 Å². The van der Waals surface area contributed by atoms with E-state index in [-0.39, 0.29) is 30.3 Å². The zero-order chi connectivity index (χ0) is 18.6. The summed E-state index contributed by atoms with van der Waals surface area (Å²) in [5.74, 6) is 1.61. The summed E-state index contributed by atoms with van der Waals surface area (Å²) in [4.78, 5) is 14.6. The molecular formula is C21H26ClN3O3. The number of nitrogens with two attached hydrogens (primary N) is 1. The maximum absolute atomic E-state index is 12.5. The van der Waals surface area contributed by atoms with Crippen molar-refractivity contribution in [1.82, 2.24) is 4.90 Å². The summed E-state index contributed by atoms with van der Waals surface area (Å²) in [6.07, 6.45) is 0.855. The maximum Gasteiger partial charge on any atom is 0.238 e. The van der Waals surface area contributed by atoms with Crippen LogP contribution in [-0.4, -0.2) is 49.7 Å².